The summed E-state index contributed by atoms with van der Waals surface area (Å²) in [6.07, 6.45) is 0. The van der Waals surface area contributed by atoms with Crippen molar-refractivity contribution < 1.29 is 13.2 Å². The lowest BCUT2D eigenvalue weighted by Crippen LogP contribution is -2.39. The molecule has 2 N–H and O–H groups in total. The summed E-state index contributed by atoms with van der Waals surface area (Å²) in [6.45, 7) is 2.95. The Labute approximate surface area is 101 Å². The summed E-state index contributed by atoms with van der Waals surface area (Å²) in [5.74, 6) is -0.567. The molecule has 0 aromatic heterocycles. The van der Waals surface area contributed by atoms with Crippen LogP contribution in [0.5, 0.6) is 0 Å². The van der Waals surface area contributed by atoms with Crippen LogP contribution in [0.1, 0.15) is 13.8 Å². The smallest absolute Gasteiger partial charge is 0.252 e. The van der Waals surface area contributed by atoms with E-state index in [1.165, 1.54) is 13.8 Å². The molecule has 0 spiro atoms. The molecule has 0 saturated carbocycles. The monoisotopic (exact) mass is 256 g/mol. The van der Waals surface area contributed by atoms with Crippen LogP contribution in [-0.4, -0.2) is 26.1 Å². The van der Waals surface area contributed by atoms with Crippen molar-refractivity contribution in [1.82, 2.24) is 4.72 Å². The average Bonchev–Trinajstić information content (AvgIpc) is 2.27. The molecule has 0 bridgehead atoms. The number of hydrogen-bond acceptors (Lipinski definition) is 4. The van der Waals surface area contributed by atoms with Crippen molar-refractivity contribution in [2.45, 2.75) is 19.1 Å². The fourth-order valence-corrected chi connectivity index (χ4v) is 1.68. The predicted octanol–water partition coefficient (Wildman–Crippen LogP) is 0.953. The van der Waals surface area contributed by atoms with Gasteiger partial charge in [0.25, 0.3) is 5.91 Å². The normalized spacial score (nSPS) is 11.2. The Hall–Kier alpha value is -1.56. The average molecular weight is 256 g/mol. The van der Waals surface area contributed by atoms with Crippen molar-refractivity contribution >= 4 is 21.6 Å². The van der Waals surface area contributed by atoms with Gasteiger partial charge in [0.2, 0.25) is 10.0 Å². The lowest BCUT2D eigenvalue weighted by Gasteiger charge is -2.10. The molecule has 0 atom stereocenters. The second-order valence-electron chi connectivity index (χ2n) is 3.84. The number of hydrogen-bond donors (Lipinski definition) is 2. The van der Waals surface area contributed by atoms with Gasteiger partial charge in [0.1, 0.15) is 0 Å². The zero-order chi connectivity index (χ0) is 12.9. The van der Waals surface area contributed by atoms with Gasteiger partial charge in [-0.1, -0.05) is 18.2 Å². The Bertz CT molecular complexity index is 469. The molecular formula is C11H16N2O3S. The van der Waals surface area contributed by atoms with E-state index in [0.717, 1.165) is 5.69 Å². The third-order valence-corrected chi connectivity index (χ3v) is 3.86. The van der Waals surface area contributed by atoms with E-state index >= 15 is 0 Å². The van der Waals surface area contributed by atoms with Gasteiger partial charge in [0.15, 0.2) is 0 Å². The van der Waals surface area contributed by atoms with Crippen LogP contribution >= 0.6 is 0 Å². The van der Waals surface area contributed by atoms with Gasteiger partial charge in [-0.25, -0.2) is 8.42 Å². The standard InChI is InChI=1S/C11H16N2O3S/c1-9(2)17(15,16)13-11(14)8-12-10-6-4-3-5-7-10/h3-7,9,12H,8H2,1-2H3,(H,13,14). The minimum absolute atomic E-state index is 0.0734. The first kappa shape index (κ1) is 13.5. The van der Waals surface area contributed by atoms with Crippen LogP contribution in [0.4, 0.5) is 5.69 Å². The highest BCUT2D eigenvalue weighted by molar-refractivity contribution is 7.90. The van der Waals surface area contributed by atoms with E-state index in [1.807, 2.05) is 22.9 Å². The summed E-state index contributed by atoms with van der Waals surface area (Å²) in [4.78, 5) is 11.4. The number of para-hydroxylation sites is 1. The molecule has 0 heterocycles. The summed E-state index contributed by atoms with van der Waals surface area (Å²) in [7, 11) is -3.54. The maximum Gasteiger partial charge on any atom is 0.252 e. The molecule has 5 nitrogen and oxygen atoms in total. The molecule has 0 unspecified atom stereocenters. The third-order valence-electron chi connectivity index (χ3n) is 2.10. The van der Waals surface area contributed by atoms with Gasteiger partial charge in [-0.05, 0) is 26.0 Å². The van der Waals surface area contributed by atoms with E-state index in [-0.39, 0.29) is 6.54 Å². The lowest BCUT2D eigenvalue weighted by molar-refractivity contribution is -0.117. The number of sulfonamides is 1. The Kier molecular flexibility index (Phi) is 4.51. The number of anilines is 1. The molecule has 1 amide bonds. The number of benzene rings is 1. The van der Waals surface area contributed by atoms with Gasteiger partial charge in [-0.2, -0.15) is 0 Å². The van der Waals surface area contributed by atoms with Gasteiger partial charge in [0.05, 0.1) is 11.8 Å². The molecule has 1 aromatic carbocycles. The SMILES string of the molecule is CC(C)S(=O)(=O)NC(=O)CNc1ccccc1. The van der Waals surface area contributed by atoms with Crippen molar-refractivity contribution in [1.29, 1.82) is 0 Å². The fraction of sp³-hybridized carbons (Fsp3) is 0.364. The summed E-state index contributed by atoms with van der Waals surface area (Å²) >= 11 is 0. The molecule has 1 aromatic rings. The van der Waals surface area contributed by atoms with E-state index in [4.69, 9.17) is 0 Å². The van der Waals surface area contributed by atoms with E-state index in [1.54, 1.807) is 12.1 Å². The maximum absolute atomic E-state index is 11.4. The second kappa shape index (κ2) is 5.67. The zero-order valence-corrected chi connectivity index (χ0v) is 10.6. The third kappa shape index (κ3) is 4.44. The van der Waals surface area contributed by atoms with Crippen molar-refractivity contribution in [3.8, 4) is 0 Å². The summed E-state index contributed by atoms with van der Waals surface area (Å²) in [6, 6.07) is 9.10. The Morgan fingerprint density at radius 3 is 2.35 bits per heavy atom. The van der Waals surface area contributed by atoms with Crippen molar-refractivity contribution in [2.24, 2.45) is 0 Å². The van der Waals surface area contributed by atoms with Gasteiger partial charge in [-0.3, -0.25) is 9.52 Å². The highest BCUT2D eigenvalue weighted by Gasteiger charge is 2.18. The van der Waals surface area contributed by atoms with E-state index in [9.17, 15) is 13.2 Å². The second-order valence-corrected chi connectivity index (χ2v) is 6.08. The molecule has 0 saturated heterocycles. The first-order valence-electron chi connectivity index (χ1n) is 5.25. The van der Waals surface area contributed by atoms with Crippen molar-refractivity contribution in [2.75, 3.05) is 11.9 Å². The van der Waals surface area contributed by atoms with Gasteiger partial charge >= 0.3 is 0 Å². The highest BCUT2D eigenvalue weighted by Crippen LogP contribution is 2.04. The Morgan fingerprint density at radius 1 is 1.24 bits per heavy atom. The Morgan fingerprint density at radius 2 is 1.82 bits per heavy atom. The summed E-state index contributed by atoms with van der Waals surface area (Å²) in [5.41, 5.74) is 0.768. The molecule has 0 fully saturated rings. The first-order chi connectivity index (χ1) is 7.92. The van der Waals surface area contributed by atoms with E-state index in [0.29, 0.717) is 0 Å². The van der Waals surface area contributed by atoms with Crippen LogP contribution in [0.25, 0.3) is 0 Å². The molecule has 0 radical (unpaired) electrons. The van der Waals surface area contributed by atoms with Crippen LogP contribution < -0.4 is 10.0 Å². The molecule has 6 heteroatoms. The largest absolute Gasteiger partial charge is 0.376 e. The van der Waals surface area contributed by atoms with E-state index < -0.39 is 21.2 Å². The minimum Gasteiger partial charge on any atom is -0.376 e. The predicted molar refractivity (Wildman–Crippen MR) is 67.1 cm³/mol. The maximum atomic E-state index is 11.4. The molecule has 0 aliphatic rings. The van der Waals surface area contributed by atoms with Crippen LogP contribution in [0.15, 0.2) is 30.3 Å². The fourth-order valence-electron chi connectivity index (χ4n) is 1.05. The Balaban J connectivity index is 2.47. The molecule has 94 valence electrons. The van der Waals surface area contributed by atoms with Crippen LogP contribution in [0.2, 0.25) is 0 Å². The van der Waals surface area contributed by atoms with Crippen LogP contribution in [0.3, 0.4) is 0 Å². The number of nitrogens with one attached hydrogen (secondary N) is 2. The van der Waals surface area contributed by atoms with Crippen molar-refractivity contribution in [3.05, 3.63) is 30.3 Å². The molecular weight excluding hydrogens is 240 g/mol. The summed E-state index contributed by atoms with van der Waals surface area (Å²) < 4.78 is 24.8. The quantitative estimate of drug-likeness (QED) is 0.822. The number of carbonyl (C=O) groups excluding carboxylic acids is 1. The zero-order valence-electron chi connectivity index (χ0n) is 9.80. The first-order valence-corrected chi connectivity index (χ1v) is 6.80. The highest BCUT2D eigenvalue weighted by atomic mass is 32.2. The number of amides is 1. The lowest BCUT2D eigenvalue weighted by atomic mass is 10.3. The molecule has 1 rings (SSSR count). The topological polar surface area (TPSA) is 75.3 Å². The van der Waals surface area contributed by atoms with Gasteiger partial charge in [0, 0.05) is 5.69 Å². The molecule has 0 aliphatic heterocycles. The van der Waals surface area contributed by atoms with Crippen molar-refractivity contribution in [3.63, 3.8) is 0 Å². The molecule has 17 heavy (non-hydrogen) atoms. The number of carbonyl (C=O) groups is 1. The number of rotatable bonds is 5. The van der Waals surface area contributed by atoms with Crippen LogP contribution in [0, 0.1) is 0 Å². The van der Waals surface area contributed by atoms with Gasteiger partial charge < -0.3 is 5.32 Å². The van der Waals surface area contributed by atoms with Crippen LogP contribution in [-0.2, 0) is 14.8 Å². The van der Waals surface area contributed by atoms with E-state index in [2.05, 4.69) is 5.32 Å². The molecule has 0 aliphatic carbocycles. The van der Waals surface area contributed by atoms with Gasteiger partial charge in [-0.15, -0.1) is 0 Å². The minimum atomic E-state index is -3.54. The summed E-state index contributed by atoms with van der Waals surface area (Å²) in [5, 5.41) is 2.21.